The number of benzene rings is 2. The highest BCUT2D eigenvalue weighted by Crippen LogP contribution is 2.23. The van der Waals surface area contributed by atoms with Gasteiger partial charge in [0.2, 0.25) is 5.91 Å². The molecule has 1 N–H and O–H groups in total. The molecule has 1 heterocycles. The number of carbonyl (C=O) groups excluding carboxylic acids is 1. The van der Waals surface area contributed by atoms with Gasteiger partial charge in [-0.3, -0.25) is 14.9 Å². The Labute approximate surface area is 184 Å². The van der Waals surface area contributed by atoms with Crippen molar-refractivity contribution >= 4 is 29.0 Å². The second kappa shape index (κ2) is 10.1. The number of nitro groups is 1. The predicted octanol–water partition coefficient (Wildman–Crippen LogP) is 3.90. The molecule has 1 amide bonds. The Balaban J connectivity index is 1.55. The van der Waals surface area contributed by atoms with E-state index in [9.17, 15) is 14.9 Å². The van der Waals surface area contributed by atoms with E-state index in [1.54, 1.807) is 17.6 Å². The number of nitrogens with one attached hydrogen (secondary N) is 1. The minimum Gasteiger partial charge on any atom is -0.486 e. The quantitative estimate of drug-likeness (QED) is 0.304. The van der Waals surface area contributed by atoms with E-state index in [2.05, 4.69) is 22.4 Å². The van der Waals surface area contributed by atoms with Gasteiger partial charge in [-0.2, -0.15) is 0 Å². The molecule has 0 unspecified atom stereocenters. The van der Waals surface area contributed by atoms with Crippen LogP contribution in [0.1, 0.15) is 23.9 Å². The fraction of sp³-hybridized carbons (Fsp3) is 0.286. The van der Waals surface area contributed by atoms with Crippen LogP contribution >= 0.6 is 11.8 Å². The molecule has 31 heavy (non-hydrogen) atoms. The smallest absolute Gasteiger partial charge is 0.271 e. The van der Waals surface area contributed by atoms with Gasteiger partial charge in [0.25, 0.3) is 5.69 Å². The summed E-state index contributed by atoms with van der Waals surface area (Å²) >= 11 is 1.23. The largest absolute Gasteiger partial charge is 0.486 e. The molecule has 0 radical (unpaired) electrons. The number of hydrogen-bond acceptors (Lipinski definition) is 7. The van der Waals surface area contributed by atoms with Crippen LogP contribution < -0.4 is 10.1 Å². The molecular formula is C21H23N5O4S. The van der Waals surface area contributed by atoms with Gasteiger partial charge in [-0.05, 0) is 36.6 Å². The van der Waals surface area contributed by atoms with E-state index < -0.39 is 4.92 Å². The molecule has 0 saturated carbocycles. The lowest BCUT2D eigenvalue weighted by atomic mass is 10.2. The molecule has 3 aromatic rings. The van der Waals surface area contributed by atoms with E-state index in [1.807, 2.05) is 31.3 Å². The van der Waals surface area contributed by atoms with Crippen molar-refractivity contribution < 1.29 is 14.5 Å². The van der Waals surface area contributed by atoms with Crippen molar-refractivity contribution in [2.75, 3.05) is 11.1 Å². The summed E-state index contributed by atoms with van der Waals surface area (Å²) in [4.78, 5) is 22.8. The molecule has 9 nitrogen and oxygen atoms in total. The first-order valence-corrected chi connectivity index (χ1v) is 10.6. The van der Waals surface area contributed by atoms with Crippen molar-refractivity contribution in [1.29, 1.82) is 0 Å². The van der Waals surface area contributed by atoms with Gasteiger partial charge in [-0.15, -0.1) is 10.2 Å². The van der Waals surface area contributed by atoms with Crippen molar-refractivity contribution in [2.45, 2.75) is 32.0 Å². The molecule has 0 spiro atoms. The number of hydrogen-bond donors (Lipinski definition) is 1. The molecule has 3 rings (SSSR count). The number of ether oxygens (including phenoxy) is 1. The highest BCUT2D eigenvalue weighted by Gasteiger charge is 2.14. The number of nitro benzene ring substituents is 1. The van der Waals surface area contributed by atoms with E-state index in [0.29, 0.717) is 16.7 Å². The summed E-state index contributed by atoms with van der Waals surface area (Å²) < 4.78 is 7.54. The standard InChI is InChI=1S/C21H23N5O4S/c1-4-15-6-9-17(10-7-15)30-12-19-23-24-21(25(19)3)31-13-20(27)22-18-11-16(26(28)29)8-5-14(18)2/h5-11H,4,12-13H2,1-3H3,(H,22,27). The zero-order valence-corrected chi connectivity index (χ0v) is 18.3. The summed E-state index contributed by atoms with van der Waals surface area (Å²) in [6, 6.07) is 12.2. The second-order valence-corrected chi connectivity index (χ2v) is 7.78. The van der Waals surface area contributed by atoms with Crippen LogP contribution in [0.25, 0.3) is 0 Å². The van der Waals surface area contributed by atoms with Crippen LogP contribution in [0.2, 0.25) is 0 Å². The first-order valence-electron chi connectivity index (χ1n) is 9.65. The SMILES string of the molecule is CCc1ccc(OCc2nnc(SCC(=O)Nc3cc([N+](=O)[O-])ccc3C)n2C)cc1. The molecule has 0 aliphatic rings. The minimum atomic E-state index is -0.495. The Morgan fingerprint density at radius 3 is 2.65 bits per heavy atom. The van der Waals surface area contributed by atoms with Gasteiger partial charge >= 0.3 is 0 Å². The van der Waals surface area contributed by atoms with Crippen LogP contribution in [0.5, 0.6) is 5.75 Å². The third kappa shape index (κ3) is 5.82. The molecule has 0 saturated heterocycles. The monoisotopic (exact) mass is 441 g/mol. The maximum atomic E-state index is 12.3. The summed E-state index contributed by atoms with van der Waals surface area (Å²) in [6.07, 6.45) is 0.971. The van der Waals surface area contributed by atoms with Crippen LogP contribution in [0.4, 0.5) is 11.4 Å². The van der Waals surface area contributed by atoms with Crippen LogP contribution in [0.3, 0.4) is 0 Å². The summed E-state index contributed by atoms with van der Waals surface area (Å²) in [5.41, 5.74) is 2.33. The van der Waals surface area contributed by atoms with E-state index in [4.69, 9.17) is 4.74 Å². The fourth-order valence-electron chi connectivity index (χ4n) is 2.74. The lowest BCUT2D eigenvalue weighted by molar-refractivity contribution is -0.384. The van der Waals surface area contributed by atoms with Gasteiger partial charge in [0.15, 0.2) is 11.0 Å². The third-order valence-corrected chi connectivity index (χ3v) is 5.68. The van der Waals surface area contributed by atoms with E-state index in [-0.39, 0.29) is 24.0 Å². The maximum Gasteiger partial charge on any atom is 0.271 e. The number of aryl methyl sites for hydroxylation is 2. The highest BCUT2D eigenvalue weighted by atomic mass is 32.2. The molecule has 0 aliphatic carbocycles. The number of amides is 1. The van der Waals surface area contributed by atoms with Crippen molar-refractivity contribution in [3.05, 3.63) is 69.5 Å². The number of thioether (sulfide) groups is 1. The fourth-order valence-corrected chi connectivity index (χ4v) is 3.47. The lowest BCUT2D eigenvalue weighted by Gasteiger charge is -2.09. The van der Waals surface area contributed by atoms with E-state index in [1.165, 1.54) is 29.5 Å². The number of anilines is 1. The Morgan fingerprint density at radius 1 is 1.23 bits per heavy atom. The van der Waals surface area contributed by atoms with E-state index >= 15 is 0 Å². The van der Waals surface area contributed by atoms with Crippen LogP contribution in [-0.2, 0) is 24.9 Å². The first kappa shape index (κ1) is 22.3. The molecular weight excluding hydrogens is 418 g/mol. The molecule has 0 aliphatic heterocycles. The van der Waals surface area contributed by atoms with Gasteiger partial charge in [-0.1, -0.05) is 36.9 Å². The van der Waals surface area contributed by atoms with Gasteiger partial charge < -0.3 is 14.6 Å². The third-order valence-electron chi connectivity index (χ3n) is 4.66. The number of aromatic nitrogens is 3. The van der Waals surface area contributed by atoms with Crippen LogP contribution in [0.15, 0.2) is 47.6 Å². The molecule has 162 valence electrons. The van der Waals surface area contributed by atoms with E-state index in [0.717, 1.165) is 17.7 Å². The Bertz CT molecular complexity index is 1080. The normalized spacial score (nSPS) is 10.7. The Hall–Kier alpha value is -3.40. The molecule has 10 heteroatoms. The zero-order chi connectivity index (χ0) is 22.4. The molecule has 0 atom stereocenters. The van der Waals surface area contributed by atoms with Crippen molar-refractivity contribution in [1.82, 2.24) is 14.8 Å². The minimum absolute atomic E-state index is 0.0733. The maximum absolute atomic E-state index is 12.3. The zero-order valence-electron chi connectivity index (χ0n) is 17.5. The Morgan fingerprint density at radius 2 is 1.97 bits per heavy atom. The lowest BCUT2D eigenvalue weighted by Crippen LogP contribution is -2.15. The number of non-ortho nitro benzene ring substituents is 1. The van der Waals surface area contributed by atoms with Crippen molar-refractivity contribution in [2.24, 2.45) is 7.05 Å². The average molecular weight is 442 g/mol. The van der Waals surface area contributed by atoms with Gasteiger partial charge in [0, 0.05) is 19.2 Å². The van der Waals surface area contributed by atoms with Crippen LogP contribution in [0, 0.1) is 17.0 Å². The predicted molar refractivity (Wildman–Crippen MR) is 118 cm³/mol. The van der Waals surface area contributed by atoms with Crippen molar-refractivity contribution in [3.63, 3.8) is 0 Å². The van der Waals surface area contributed by atoms with Gasteiger partial charge in [0.05, 0.1) is 16.4 Å². The number of carbonyl (C=O) groups is 1. The van der Waals surface area contributed by atoms with Crippen molar-refractivity contribution in [3.8, 4) is 5.75 Å². The topological polar surface area (TPSA) is 112 Å². The Kier molecular flexibility index (Phi) is 7.24. The molecule has 0 fully saturated rings. The average Bonchev–Trinajstić information content (AvgIpc) is 3.12. The summed E-state index contributed by atoms with van der Waals surface area (Å²) in [6.45, 7) is 4.13. The van der Waals surface area contributed by atoms with Gasteiger partial charge in [0.1, 0.15) is 12.4 Å². The highest BCUT2D eigenvalue weighted by molar-refractivity contribution is 7.99. The second-order valence-electron chi connectivity index (χ2n) is 6.84. The summed E-state index contributed by atoms with van der Waals surface area (Å²) in [5.74, 6) is 1.19. The van der Waals surface area contributed by atoms with Gasteiger partial charge in [-0.25, -0.2) is 0 Å². The first-order chi connectivity index (χ1) is 14.9. The number of rotatable bonds is 9. The molecule has 1 aromatic heterocycles. The number of nitrogens with zero attached hydrogens (tertiary/aromatic N) is 4. The summed E-state index contributed by atoms with van der Waals surface area (Å²) in [5, 5.41) is 22.5. The molecule has 2 aromatic carbocycles. The van der Waals surface area contributed by atoms with Crippen LogP contribution in [-0.4, -0.2) is 31.3 Å². The molecule has 0 bridgehead atoms. The summed E-state index contributed by atoms with van der Waals surface area (Å²) in [7, 11) is 1.81.